The van der Waals surface area contributed by atoms with Crippen molar-refractivity contribution in [2.45, 2.75) is 51.3 Å². The zero-order chi connectivity index (χ0) is 15.3. The third-order valence-electron chi connectivity index (χ3n) is 3.84. The normalized spacial score (nSPS) is 24.9. The molecule has 2 fully saturated rings. The molecule has 0 aromatic rings. The van der Waals surface area contributed by atoms with E-state index in [1.165, 1.54) is 0 Å². The Balaban J connectivity index is 1.84. The molecule has 2 N–H and O–H groups in total. The molecule has 6 nitrogen and oxygen atoms in total. The van der Waals surface area contributed by atoms with Crippen LogP contribution < -0.4 is 10.6 Å². The van der Waals surface area contributed by atoms with E-state index in [0.717, 1.165) is 32.5 Å². The van der Waals surface area contributed by atoms with Gasteiger partial charge in [0.1, 0.15) is 5.60 Å². The number of carbonyl (C=O) groups excluding carboxylic acids is 1. The van der Waals surface area contributed by atoms with Gasteiger partial charge >= 0.3 is 6.09 Å². The highest BCUT2D eigenvalue weighted by atomic mass is 16.6. The molecule has 2 aliphatic rings. The van der Waals surface area contributed by atoms with Gasteiger partial charge in [-0.15, -0.1) is 0 Å². The molecule has 1 amide bonds. The topological polar surface area (TPSA) is 62.8 Å². The highest BCUT2D eigenvalue weighted by Gasteiger charge is 2.31. The molecule has 6 heteroatoms. The average molecular weight is 299 g/mol. The van der Waals surface area contributed by atoms with E-state index < -0.39 is 5.60 Å². The van der Waals surface area contributed by atoms with Gasteiger partial charge in [0, 0.05) is 19.1 Å². The van der Waals surface area contributed by atoms with Crippen molar-refractivity contribution in [3.8, 4) is 0 Å². The van der Waals surface area contributed by atoms with Crippen LogP contribution in [0.5, 0.6) is 0 Å². The van der Waals surface area contributed by atoms with Gasteiger partial charge in [0.25, 0.3) is 0 Å². The minimum absolute atomic E-state index is 0.0588. The van der Waals surface area contributed by atoms with Gasteiger partial charge in [0.05, 0.1) is 19.3 Å². The fourth-order valence-corrected chi connectivity index (χ4v) is 2.71. The average Bonchev–Trinajstić information content (AvgIpc) is 2.45. The van der Waals surface area contributed by atoms with Crippen LogP contribution in [0.15, 0.2) is 0 Å². The van der Waals surface area contributed by atoms with Crippen LogP contribution in [0.2, 0.25) is 0 Å². The number of carbonyl (C=O) groups is 1. The molecule has 0 spiro atoms. The molecular formula is C15H29N3O3. The summed E-state index contributed by atoms with van der Waals surface area (Å²) in [5.41, 5.74) is -0.456. The maximum Gasteiger partial charge on any atom is 0.410 e. The zero-order valence-electron chi connectivity index (χ0n) is 13.5. The number of morpholine rings is 1. The number of nitrogens with zero attached hydrogens (tertiary/aromatic N) is 1. The van der Waals surface area contributed by atoms with Crippen molar-refractivity contribution in [1.82, 2.24) is 15.5 Å². The highest BCUT2D eigenvalue weighted by molar-refractivity contribution is 5.68. The van der Waals surface area contributed by atoms with Crippen molar-refractivity contribution in [3.05, 3.63) is 0 Å². The van der Waals surface area contributed by atoms with Crippen LogP contribution >= 0.6 is 0 Å². The van der Waals surface area contributed by atoms with Gasteiger partial charge in [-0.05, 0) is 46.7 Å². The summed E-state index contributed by atoms with van der Waals surface area (Å²) in [6.07, 6.45) is 2.04. The Kier molecular flexibility index (Phi) is 5.84. The molecule has 2 heterocycles. The Bertz CT molecular complexity index is 338. The summed E-state index contributed by atoms with van der Waals surface area (Å²) in [6.45, 7) is 10.4. The fraction of sp³-hybridized carbons (Fsp3) is 0.933. The Morgan fingerprint density at radius 1 is 1.38 bits per heavy atom. The molecule has 2 saturated heterocycles. The lowest BCUT2D eigenvalue weighted by Crippen LogP contribution is -2.55. The Morgan fingerprint density at radius 3 is 2.76 bits per heavy atom. The molecule has 1 unspecified atom stereocenters. The van der Waals surface area contributed by atoms with Crippen LogP contribution in [-0.4, -0.2) is 68.1 Å². The summed E-state index contributed by atoms with van der Waals surface area (Å²) in [7, 11) is 0. The smallest absolute Gasteiger partial charge is 0.410 e. The predicted octanol–water partition coefficient (Wildman–Crippen LogP) is 0.964. The maximum absolute atomic E-state index is 12.3. The zero-order valence-corrected chi connectivity index (χ0v) is 13.5. The minimum Gasteiger partial charge on any atom is -0.444 e. The number of nitrogens with one attached hydrogen (secondary N) is 2. The van der Waals surface area contributed by atoms with Crippen LogP contribution in [0.1, 0.15) is 33.6 Å². The third-order valence-corrected chi connectivity index (χ3v) is 3.84. The van der Waals surface area contributed by atoms with Crippen LogP contribution in [0.25, 0.3) is 0 Å². The van der Waals surface area contributed by atoms with Crippen molar-refractivity contribution in [2.24, 2.45) is 0 Å². The van der Waals surface area contributed by atoms with Crippen LogP contribution in [-0.2, 0) is 9.47 Å². The monoisotopic (exact) mass is 299 g/mol. The van der Waals surface area contributed by atoms with E-state index in [1.54, 1.807) is 0 Å². The van der Waals surface area contributed by atoms with Gasteiger partial charge in [-0.1, -0.05) is 0 Å². The summed E-state index contributed by atoms with van der Waals surface area (Å²) in [5, 5.41) is 6.93. The quantitative estimate of drug-likeness (QED) is 0.813. The molecule has 2 aliphatic heterocycles. The van der Waals surface area contributed by atoms with Crippen LogP contribution in [0, 0.1) is 0 Å². The predicted molar refractivity (Wildman–Crippen MR) is 81.4 cm³/mol. The third kappa shape index (κ3) is 5.45. The first kappa shape index (κ1) is 16.5. The first-order valence-corrected chi connectivity index (χ1v) is 7.97. The molecule has 0 aromatic carbocycles. The number of rotatable bonds is 3. The largest absolute Gasteiger partial charge is 0.444 e. The van der Waals surface area contributed by atoms with Crippen LogP contribution in [0.3, 0.4) is 0 Å². The first-order valence-electron chi connectivity index (χ1n) is 7.97. The van der Waals surface area contributed by atoms with Gasteiger partial charge in [0.2, 0.25) is 0 Å². The Hall–Kier alpha value is -0.850. The van der Waals surface area contributed by atoms with E-state index in [4.69, 9.17) is 9.47 Å². The number of piperidine rings is 1. The van der Waals surface area contributed by atoms with E-state index in [-0.39, 0.29) is 12.1 Å². The first-order chi connectivity index (χ1) is 9.96. The van der Waals surface area contributed by atoms with Crippen molar-refractivity contribution >= 4 is 6.09 Å². The van der Waals surface area contributed by atoms with Crippen molar-refractivity contribution in [3.63, 3.8) is 0 Å². The lowest BCUT2D eigenvalue weighted by atomic mass is 10.1. The molecule has 0 radical (unpaired) electrons. The standard InChI is InChI=1S/C15H29N3O3/c1-15(2,3)21-14(19)18-8-9-20-11-13(18)10-17-12-4-6-16-7-5-12/h12-13,16-17H,4-11H2,1-3H3. The summed E-state index contributed by atoms with van der Waals surface area (Å²) in [4.78, 5) is 14.1. The number of amides is 1. The SMILES string of the molecule is CC(C)(C)OC(=O)N1CCOCC1CNC1CCNCC1. The molecule has 0 aliphatic carbocycles. The second kappa shape index (κ2) is 7.42. The van der Waals surface area contributed by atoms with Crippen molar-refractivity contribution in [1.29, 1.82) is 0 Å². The summed E-state index contributed by atoms with van der Waals surface area (Å²) >= 11 is 0. The van der Waals surface area contributed by atoms with Gasteiger partial charge < -0.3 is 20.1 Å². The Labute approximate surface area is 127 Å². The lowest BCUT2D eigenvalue weighted by Gasteiger charge is -2.37. The lowest BCUT2D eigenvalue weighted by molar-refractivity contribution is -0.0323. The van der Waals surface area contributed by atoms with E-state index >= 15 is 0 Å². The van der Waals surface area contributed by atoms with E-state index in [9.17, 15) is 4.79 Å². The number of ether oxygens (including phenoxy) is 2. The van der Waals surface area contributed by atoms with E-state index in [1.807, 2.05) is 25.7 Å². The Morgan fingerprint density at radius 2 is 2.10 bits per heavy atom. The van der Waals surface area contributed by atoms with Gasteiger partial charge in [-0.2, -0.15) is 0 Å². The second-order valence-corrected chi connectivity index (χ2v) is 6.83. The van der Waals surface area contributed by atoms with E-state index in [2.05, 4.69) is 10.6 Å². The van der Waals surface area contributed by atoms with Crippen molar-refractivity contribution in [2.75, 3.05) is 39.4 Å². The maximum atomic E-state index is 12.3. The fourth-order valence-electron chi connectivity index (χ4n) is 2.71. The molecule has 0 aromatic heterocycles. The number of hydrogen-bond donors (Lipinski definition) is 2. The van der Waals surface area contributed by atoms with Gasteiger partial charge in [-0.25, -0.2) is 4.79 Å². The minimum atomic E-state index is -0.456. The van der Waals surface area contributed by atoms with Crippen molar-refractivity contribution < 1.29 is 14.3 Å². The van der Waals surface area contributed by atoms with Gasteiger partial charge in [0.15, 0.2) is 0 Å². The highest BCUT2D eigenvalue weighted by Crippen LogP contribution is 2.14. The van der Waals surface area contributed by atoms with E-state index in [0.29, 0.717) is 25.8 Å². The molecule has 2 rings (SSSR count). The van der Waals surface area contributed by atoms with Gasteiger partial charge in [-0.3, -0.25) is 4.90 Å². The molecule has 21 heavy (non-hydrogen) atoms. The summed E-state index contributed by atoms with van der Waals surface area (Å²) < 4.78 is 11.0. The summed E-state index contributed by atoms with van der Waals surface area (Å²) in [5.74, 6) is 0. The molecule has 122 valence electrons. The number of hydrogen-bond acceptors (Lipinski definition) is 5. The second-order valence-electron chi connectivity index (χ2n) is 6.83. The molecule has 0 saturated carbocycles. The summed E-state index contributed by atoms with van der Waals surface area (Å²) in [6, 6.07) is 0.595. The molecular weight excluding hydrogens is 270 g/mol. The van der Waals surface area contributed by atoms with Crippen LogP contribution in [0.4, 0.5) is 4.79 Å². The molecule has 0 bridgehead atoms. The molecule has 1 atom stereocenters.